The number of aliphatic hydroxyl groups excluding tert-OH is 1. The number of halogens is 1. The van der Waals surface area contributed by atoms with Crippen molar-refractivity contribution in [1.29, 1.82) is 5.26 Å². The van der Waals surface area contributed by atoms with Gasteiger partial charge in [-0.05, 0) is 38.0 Å². The van der Waals surface area contributed by atoms with Crippen molar-refractivity contribution in [3.63, 3.8) is 0 Å². The van der Waals surface area contributed by atoms with Gasteiger partial charge in [0.2, 0.25) is 0 Å². The average Bonchev–Trinajstić information content (AvgIpc) is 2.67. The van der Waals surface area contributed by atoms with Gasteiger partial charge in [0.05, 0.1) is 22.7 Å². The maximum atomic E-state index is 10.7. The topological polar surface area (TPSA) is 47.3 Å². The largest absolute Gasteiger partial charge is 0.390 e. The molecule has 1 aromatic rings. The fourth-order valence-electron chi connectivity index (χ4n) is 3.47. The van der Waals surface area contributed by atoms with E-state index in [2.05, 4.69) is 26.5 Å². The minimum Gasteiger partial charge on any atom is -0.390 e. The van der Waals surface area contributed by atoms with Crippen molar-refractivity contribution in [2.75, 3.05) is 4.90 Å². The first-order chi connectivity index (χ1) is 9.92. The summed E-state index contributed by atoms with van der Waals surface area (Å²) in [6.45, 7) is 10.4. The summed E-state index contributed by atoms with van der Waals surface area (Å²) in [5.74, 6) is 0. The Hall–Kier alpha value is -1.50. The van der Waals surface area contributed by atoms with Gasteiger partial charge < -0.3 is 10.0 Å². The van der Waals surface area contributed by atoms with E-state index in [0.29, 0.717) is 10.6 Å². The van der Waals surface area contributed by atoms with Gasteiger partial charge in [0.25, 0.3) is 0 Å². The normalized spacial score (nSPS) is 24.2. The maximum absolute atomic E-state index is 10.7. The highest BCUT2D eigenvalue weighted by Gasteiger charge is 2.51. The lowest BCUT2D eigenvalue weighted by Gasteiger charge is -2.31. The molecule has 0 unspecified atom stereocenters. The van der Waals surface area contributed by atoms with E-state index in [9.17, 15) is 5.11 Å². The fourth-order valence-corrected chi connectivity index (χ4v) is 3.69. The van der Waals surface area contributed by atoms with Crippen LogP contribution in [0, 0.1) is 16.7 Å². The van der Waals surface area contributed by atoms with Gasteiger partial charge in [-0.25, -0.2) is 0 Å². The molecule has 1 saturated heterocycles. The van der Waals surface area contributed by atoms with Crippen LogP contribution >= 0.6 is 11.6 Å². The molecule has 1 fully saturated rings. The highest BCUT2D eigenvalue weighted by molar-refractivity contribution is 6.32. The van der Waals surface area contributed by atoms with Crippen LogP contribution in [0.25, 0.3) is 0 Å². The molecule has 1 aromatic carbocycles. The number of benzene rings is 1. The summed E-state index contributed by atoms with van der Waals surface area (Å²) in [4.78, 5) is 2.05. The lowest BCUT2D eigenvalue weighted by atomic mass is 9.76. The first-order valence-electron chi connectivity index (χ1n) is 7.29. The van der Waals surface area contributed by atoms with E-state index < -0.39 is 6.10 Å². The van der Waals surface area contributed by atoms with Gasteiger partial charge in [0.1, 0.15) is 6.07 Å². The van der Waals surface area contributed by atoms with Crippen LogP contribution in [-0.4, -0.2) is 17.3 Å². The molecule has 2 atom stereocenters. The van der Waals surface area contributed by atoms with Crippen LogP contribution < -0.4 is 4.90 Å². The van der Waals surface area contributed by atoms with Crippen LogP contribution in [0.1, 0.15) is 39.2 Å². The van der Waals surface area contributed by atoms with Gasteiger partial charge in [0, 0.05) is 16.8 Å². The number of nitriles is 1. The first kappa shape index (κ1) is 15.9. The third-order valence-corrected chi connectivity index (χ3v) is 5.22. The molecule has 0 radical (unpaired) electrons. The predicted molar refractivity (Wildman–Crippen MR) is 86.3 cm³/mol. The first-order valence-corrected chi connectivity index (χ1v) is 7.67. The van der Waals surface area contributed by atoms with E-state index in [1.807, 2.05) is 17.9 Å². The smallest absolute Gasteiger partial charge is 0.101 e. The van der Waals surface area contributed by atoms with Gasteiger partial charge in [-0.2, -0.15) is 5.26 Å². The van der Waals surface area contributed by atoms with Crippen LogP contribution in [0.5, 0.6) is 0 Å². The zero-order valence-corrected chi connectivity index (χ0v) is 13.5. The molecule has 21 heavy (non-hydrogen) atoms. The zero-order chi connectivity index (χ0) is 15.8. The van der Waals surface area contributed by atoms with Crippen LogP contribution in [-0.2, 0) is 0 Å². The molecular formula is C17H21ClN2O. The Morgan fingerprint density at radius 1 is 1.43 bits per heavy atom. The number of nitrogens with zero attached hydrogens (tertiary/aromatic N) is 2. The summed E-state index contributed by atoms with van der Waals surface area (Å²) in [6.07, 6.45) is 1.22. The molecule has 0 aliphatic carbocycles. The third-order valence-electron chi connectivity index (χ3n) is 4.91. The molecule has 1 aliphatic heterocycles. The standard InChI is InChI=1S/C17H21ClN2O/c1-5-17(6-2)12(4)20(11(3)16(17)21)14-8-7-13(10-19)15(18)9-14/h7-9,11,16,21H,4-6H2,1-3H3/t11-,16+/m0/s1. The van der Waals surface area contributed by atoms with Gasteiger partial charge in [0.15, 0.2) is 0 Å². The number of anilines is 1. The van der Waals surface area contributed by atoms with Gasteiger partial charge in [-0.3, -0.25) is 0 Å². The predicted octanol–water partition coefficient (Wildman–Crippen LogP) is 4.10. The Morgan fingerprint density at radius 2 is 2.05 bits per heavy atom. The quantitative estimate of drug-likeness (QED) is 0.914. The van der Waals surface area contributed by atoms with Gasteiger partial charge in [-0.1, -0.05) is 32.0 Å². The van der Waals surface area contributed by atoms with E-state index in [0.717, 1.165) is 24.2 Å². The third kappa shape index (κ3) is 2.23. The van der Waals surface area contributed by atoms with Crippen LogP contribution in [0.3, 0.4) is 0 Å². The van der Waals surface area contributed by atoms with E-state index in [1.54, 1.807) is 12.1 Å². The minimum absolute atomic E-state index is 0.0681. The molecule has 0 bridgehead atoms. The van der Waals surface area contributed by atoms with Crippen LogP contribution in [0.4, 0.5) is 5.69 Å². The number of hydrogen-bond acceptors (Lipinski definition) is 3. The highest BCUT2D eigenvalue weighted by atomic mass is 35.5. The molecule has 0 aromatic heterocycles. The Bertz CT molecular complexity index is 601. The van der Waals surface area contributed by atoms with Crippen molar-refractivity contribution in [3.8, 4) is 6.07 Å². The molecule has 1 aliphatic rings. The summed E-state index contributed by atoms with van der Waals surface area (Å²) < 4.78 is 0. The molecule has 112 valence electrons. The number of hydrogen-bond donors (Lipinski definition) is 1. The van der Waals surface area contributed by atoms with E-state index in [1.165, 1.54) is 0 Å². The Balaban J connectivity index is 2.48. The molecule has 4 heteroatoms. The van der Waals surface area contributed by atoms with Gasteiger partial charge in [-0.15, -0.1) is 0 Å². The lowest BCUT2D eigenvalue weighted by Crippen LogP contribution is -2.35. The molecule has 2 rings (SSSR count). The second-order valence-electron chi connectivity index (χ2n) is 5.64. The second kappa shape index (κ2) is 5.71. The Kier molecular flexibility index (Phi) is 4.32. The summed E-state index contributed by atoms with van der Waals surface area (Å²) >= 11 is 6.14. The van der Waals surface area contributed by atoms with Crippen molar-refractivity contribution in [1.82, 2.24) is 0 Å². The van der Waals surface area contributed by atoms with Crippen LogP contribution in [0.15, 0.2) is 30.5 Å². The second-order valence-corrected chi connectivity index (χ2v) is 6.05. The number of rotatable bonds is 3. The fraction of sp³-hybridized carbons (Fsp3) is 0.471. The van der Waals surface area contributed by atoms with Crippen molar-refractivity contribution >= 4 is 17.3 Å². The van der Waals surface area contributed by atoms with E-state index in [4.69, 9.17) is 16.9 Å². The molecule has 1 heterocycles. The minimum atomic E-state index is -0.464. The molecular weight excluding hydrogens is 284 g/mol. The van der Waals surface area contributed by atoms with Crippen molar-refractivity contribution in [3.05, 3.63) is 41.1 Å². The Morgan fingerprint density at radius 3 is 2.48 bits per heavy atom. The summed E-state index contributed by atoms with van der Waals surface area (Å²) in [6, 6.07) is 7.34. The highest BCUT2D eigenvalue weighted by Crippen LogP contribution is 2.50. The molecule has 3 nitrogen and oxygen atoms in total. The zero-order valence-electron chi connectivity index (χ0n) is 12.7. The SMILES string of the molecule is C=C1N(c2ccc(C#N)c(Cl)c2)[C@@H](C)[C@@H](O)C1(CC)CC. The molecule has 0 spiro atoms. The molecule has 0 amide bonds. The number of aliphatic hydroxyl groups is 1. The average molecular weight is 305 g/mol. The Labute approximate surface area is 131 Å². The summed E-state index contributed by atoms with van der Waals surface area (Å²) in [5, 5.41) is 20.1. The van der Waals surface area contributed by atoms with Gasteiger partial charge >= 0.3 is 0 Å². The summed E-state index contributed by atoms with van der Waals surface area (Å²) in [7, 11) is 0. The van der Waals surface area contributed by atoms with Crippen LogP contribution in [0.2, 0.25) is 5.02 Å². The van der Waals surface area contributed by atoms with Crippen molar-refractivity contribution in [2.45, 2.75) is 45.8 Å². The molecule has 0 saturated carbocycles. The summed E-state index contributed by atoms with van der Waals surface area (Å²) in [5.41, 5.74) is 1.96. The van der Waals surface area contributed by atoms with Crippen molar-refractivity contribution in [2.24, 2.45) is 5.41 Å². The van der Waals surface area contributed by atoms with E-state index in [-0.39, 0.29) is 11.5 Å². The maximum Gasteiger partial charge on any atom is 0.101 e. The van der Waals surface area contributed by atoms with E-state index >= 15 is 0 Å². The molecule has 1 N–H and O–H groups in total. The lowest BCUT2D eigenvalue weighted by molar-refractivity contribution is 0.0571. The van der Waals surface area contributed by atoms with Crippen molar-refractivity contribution < 1.29 is 5.11 Å². The monoisotopic (exact) mass is 304 g/mol.